The molecule has 0 bridgehead atoms. The summed E-state index contributed by atoms with van der Waals surface area (Å²) in [6.45, 7) is 3.26. The van der Waals surface area contributed by atoms with Crippen LogP contribution in [0.4, 0.5) is 5.69 Å². The van der Waals surface area contributed by atoms with Crippen molar-refractivity contribution in [1.29, 1.82) is 0 Å². The third kappa shape index (κ3) is 4.28. The number of benzene rings is 2. The number of carbonyl (C=O) groups excluding carboxylic acids is 1. The third-order valence-corrected chi connectivity index (χ3v) is 5.64. The maximum atomic E-state index is 12.6. The van der Waals surface area contributed by atoms with E-state index >= 15 is 0 Å². The number of fused-ring (bicyclic) bond motifs is 1. The molecular weight excluding hydrogens is 362 g/mol. The van der Waals surface area contributed by atoms with E-state index in [2.05, 4.69) is 20.8 Å². The molecule has 3 aromatic rings. The molecule has 4 rings (SSSR count). The Hall–Kier alpha value is -2.45. The van der Waals surface area contributed by atoms with Crippen molar-refractivity contribution in [3.05, 3.63) is 42.5 Å². The fraction of sp³-hybridized carbons (Fsp3) is 0.368. The van der Waals surface area contributed by atoms with Gasteiger partial charge in [-0.15, -0.1) is 5.10 Å². The molecule has 1 saturated heterocycles. The van der Waals surface area contributed by atoms with E-state index in [0.717, 1.165) is 35.9 Å². The number of hydrogen-bond donors (Lipinski definition) is 1. The van der Waals surface area contributed by atoms with Crippen molar-refractivity contribution in [2.45, 2.75) is 42.8 Å². The Morgan fingerprint density at radius 1 is 1.33 bits per heavy atom. The SMILES string of the molecule is CC(Sc1nnnn1CC1CCCO1)C(=O)Nc1ccc2ccccc2c1. The zero-order chi connectivity index (χ0) is 18.6. The van der Waals surface area contributed by atoms with Gasteiger partial charge in [0, 0.05) is 12.3 Å². The van der Waals surface area contributed by atoms with Gasteiger partial charge in [0.25, 0.3) is 0 Å². The van der Waals surface area contributed by atoms with Gasteiger partial charge in [-0.3, -0.25) is 4.79 Å². The van der Waals surface area contributed by atoms with Crippen molar-refractivity contribution >= 4 is 34.1 Å². The second-order valence-corrected chi connectivity index (χ2v) is 7.90. The van der Waals surface area contributed by atoms with E-state index in [-0.39, 0.29) is 17.3 Å². The lowest BCUT2D eigenvalue weighted by Crippen LogP contribution is -2.23. The van der Waals surface area contributed by atoms with Crippen LogP contribution in [0.2, 0.25) is 0 Å². The van der Waals surface area contributed by atoms with Gasteiger partial charge in [0.2, 0.25) is 11.1 Å². The molecule has 1 aliphatic rings. The van der Waals surface area contributed by atoms with Crippen molar-refractivity contribution in [2.24, 2.45) is 0 Å². The van der Waals surface area contributed by atoms with E-state index < -0.39 is 0 Å². The van der Waals surface area contributed by atoms with Gasteiger partial charge in [0.15, 0.2) is 0 Å². The molecule has 1 fully saturated rings. The van der Waals surface area contributed by atoms with Crippen LogP contribution in [0.25, 0.3) is 10.8 Å². The number of carbonyl (C=O) groups is 1. The molecular formula is C19H21N5O2S. The number of nitrogens with zero attached hydrogens (tertiary/aromatic N) is 4. The lowest BCUT2D eigenvalue weighted by molar-refractivity contribution is -0.115. The Morgan fingerprint density at radius 3 is 3.00 bits per heavy atom. The molecule has 2 atom stereocenters. The van der Waals surface area contributed by atoms with Crippen LogP contribution in [0.5, 0.6) is 0 Å². The fourth-order valence-corrected chi connectivity index (χ4v) is 3.90. The zero-order valence-corrected chi connectivity index (χ0v) is 15.9. The Bertz CT molecular complexity index is 939. The van der Waals surface area contributed by atoms with Gasteiger partial charge in [-0.2, -0.15) is 0 Å². The fourth-order valence-electron chi connectivity index (χ4n) is 3.10. The molecule has 2 aromatic carbocycles. The van der Waals surface area contributed by atoms with Gasteiger partial charge in [-0.05, 0) is 53.1 Å². The minimum absolute atomic E-state index is 0.0815. The lowest BCUT2D eigenvalue weighted by atomic mass is 10.1. The van der Waals surface area contributed by atoms with Gasteiger partial charge < -0.3 is 10.1 Å². The van der Waals surface area contributed by atoms with Crippen molar-refractivity contribution in [1.82, 2.24) is 20.2 Å². The molecule has 8 heteroatoms. The highest BCUT2D eigenvalue weighted by Crippen LogP contribution is 2.24. The molecule has 1 amide bonds. The molecule has 1 N–H and O–H groups in total. The van der Waals surface area contributed by atoms with Crippen LogP contribution in [0, 0.1) is 0 Å². The van der Waals surface area contributed by atoms with Crippen LogP contribution in [-0.2, 0) is 16.1 Å². The first-order chi connectivity index (χ1) is 13.2. The average molecular weight is 383 g/mol. The van der Waals surface area contributed by atoms with E-state index in [1.54, 1.807) is 4.68 Å². The van der Waals surface area contributed by atoms with Crippen molar-refractivity contribution in [3.63, 3.8) is 0 Å². The van der Waals surface area contributed by atoms with Crippen molar-refractivity contribution < 1.29 is 9.53 Å². The summed E-state index contributed by atoms with van der Waals surface area (Å²) in [5, 5.41) is 17.4. The summed E-state index contributed by atoms with van der Waals surface area (Å²) in [5.74, 6) is -0.0815. The number of anilines is 1. The van der Waals surface area contributed by atoms with Crippen molar-refractivity contribution in [2.75, 3.05) is 11.9 Å². The smallest absolute Gasteiger partial charge is 0.237 e. The number of aromatic nitrogens is 4. The number of tetrazole rings is 1. The average Bonchev–Trinajstić information content (AvgIpc) is 3.34. The maximum Gasteiger partial charge on any atom is 0.237 e. The molecule has 0 radical (unpaired) electrons. The van der Waals surface area contributed by atoms with E-state index in [0.29, 0.717) is 11.7 Å². The molecule has 1 aliphatic heterocycles. The number of thioether (sulfide) groups is 1. The molecule has 27 heavy (non-hydrogen) atoms. The second-order valence-electron chi connectivity index (χ2n) is 6.59. The third-order valence-electron chi connectivity index (χ3n) is 4.57. The van der Waals surface area contributed by atoms with Crippen LogP contribution in [0.15, 0.2) is 47.6 Å². The van der Waals surface area contributed by atoms with Crippen LogP contribution in [0.1, 0.15) is 19.8 Å². The first-order valence-electron chi connectivity index (χ1n) is 9.03. The number of nitrogens with one attached hydrogen (secondary N) is 1. The molecule has 1 aromatic heterocycles. The minimum atomic E-state index is -0.328. The summed E-state index contributed by atoms with van der Waals surface area (Å²) in [6.07, 6.45) is 2.23. The zero-order valence-electron chi connectivity index (χ0n) is 15.0. The van der Waals surface area contributed by atoms with E-state index in [1.807, 2.05) is 49.4 Å². The lowest BCUT2D eigenvalue weighted by Gasteiger charge is -2.13. The molecule has 2 heterocycles. The summed E-state index contributed by atoms with van der Waals surface area (Å²) in [7, 11) is 0. The predicted molar refractivity (Wildman–Crippen MR) is 105 cm³/mol. The Balaban J connectivity index is 1.39. The summed E-state index contributed by atoms with van der Waals surface area (Å²) >= 11 is 1.35. The highest BCUT2D eigenvalue weighted by molar-refractivity contribution is 8.00. The van der Waals surface area contributed by atoms with E-state index in [1.165, 1.54) is 11.8 Å². The quantitative estimate of drug-likeness (QED) is 0.659. The van der Waals surface area contributed by atoms with Gasteiger partial charge in [-0.25, -0.2) is 4.68 Å². The summed E-state index contributed by atoms with van der Waals surface area (Å²) in [5.41, 5.74) is 0.782. The van der Waals surface area contributed by atoms with Gasteiger partial charge in [0.05, 0.1) is 17.9 Å². The first kappa shape index (κ1) is 17.9. The summed E-state index contributed by atoms with van der Waals surface area (Å²) in [6, 6.07) is 14.0. The minimum Gasteiger partial charge on any atom is -0.376 e. The predicted octanol–water partition coefficient (Wildman–Crippen LogP) is 3.12. The number of rotatable bonds is 6. The Labute approximate surface area is 161 Å². The number of hydrogen-bond acceptors (Lipinski definition) is 6. The Kier molecular flexibility index (Phi) is 5.35. The van der Waals surface area contributed by atoms with Crippen molar-refractivity contribution in [3.8, 4) is 0 Å². The van der Waals surface area contributed by atoms with Crippen LogP contribution >= 0.6 is 11.8 Å². The number of ether oxygens (including phenoxy) is 1. The molecule has 0 aliphatic carbocycles. The topological polar surface area (TPSA) is 81.9 Å². The van der Waals surface area contributed by atoms with Crippen LogP contribution < -0.4 is 5.32 Å². The molecule has 0 spiro atoms. The molecule has 7 nitrogen and oxygen atoms in total. The monoisotopic (exact) mass is 383 g/mol. The first-order valence-corrected chi connectivity index (χ1v) is 9.91. The van der Waals surface area contributed by atoms with Gasteiger partial charge in [-0.1, -0.05) is 42.1 Å². The Morgan fingerprint density at radius 2 is 2.19 bits per heavy atom. The van der Waals surface area contributed by atoms with E-state index in [9.17, 15) is 4.79 Å². The summed E-state index contributed by atoms with van der Waals surface area (Å²) in [4.78, 5) is 12.6. The molecule has 2 unspecified atom stereocenters. The van der Waals surface area contributed by atoms with Crippen LogP contribution in [0.3, 0.4) is 0 Å². The highest BCUT2D eigenvalue weighted by Gasteiger charge is 2.22. The summed E-state index contributed by atoms with van der Waals surface area (Å²) < 4.78 is 7.37. The highest BCUT2D eigenvalue weighted by atomic mass is 32.2. The van der Waals surface area contributed by atoms with E-state index in [4.69, 9.17) is 4.74 Å². The second kappa shape index (κ2) is 8.06. The maximum absolute atomic E-state index is 12.6. The standard InChI is InChI=1S/C19H21N5O2S/c1-13(27-19-21-22-23-24(19)12-17-7-4-10-26-17)18(25)20-16-9-8-14-5-2-3-6-15(14)11-16/h2-3,5-6,8-9,11,13,17H,4,7,10,12H2,1H3,(H,20,25). The van der Waals surface area contributed by atoms with Crippen LogP contribution in [-0.4, -0.2) is 44.1 Å². The number of amides is 1. The largest absolute Gasteiger partial charge is 0.376 e. The molecule has 140 valence electrons. The van der Waals surface area contributed by atoms with Gasteiger partial charge >= 0.3 is 0 Å². The van der Waals surface area contributed by atoms with Gasteiger partial charge in [0.1, 0.15) is 0 Å². The normalized spacial score (nSPS) is 17.9. The molecule has 0 saturated carbocycles.